The van der Waals surface area contributed by atoms with E-state index in [0.717, 1.165) is 5.56 Å². The summed E-state index contributed by atoms with van der Waals surface area (Å²) in [5, 5.41) is 14.5. The van der Waals surface area contributed by atoms with Gasteiger partial charge in [0.2, 0.25) is 5.13 Å². The summed E-state index contributed by atoms with van der Waals surface area (Å²) >= 11 is 1.29. The molecule has 25 heavy (non-hydrogen) atoms. The summed E-state index contributed by atoms with van der Waals surface area (Å²) in [5.41, 5.74) is 1.70. The van der Waals surface area contributed by atoms with E-state index in [1.165, 1.54) is 11.3 Å². The van der Waals surface area contributed by atoms with Crippen LogP contribution in [0.4, 0.5) is 15.6 Å². The molecule has 0 aliphatic heterocycles. The molecule has 2 aromatic carbocycles. The summed E-state index contributed by atoms with van der Waals surface area (Å²) in [5.74, 6) is 0.669. The molecule has 0 aliphatic carbocycles. The van der Waals surface area contributed by atoms with Gasteiger partial charge in [0.1, 0.15) is 10.8 Å². The Morgan fingerprint density at radius 3 is 2.68 bits per heavy atom. The average Bonchev–Trinajstić information content (AvgIpc) is 3.08. The third-order valence-electron chi connectivity index (χ3n) is 3.21. The second-order valence-electron chi connectivity index (χ2n) is 5.00. The van der Waals surface area contributed by atoms with Crippen LogP contribution in [0, 0.1) is 0 Å². The van der Waals surface area contributed by atoms with Crippen molar-refractivity contribution in [3.05, 3.63) is 65.2 Å². The fraction of sp³-hybridized carbons (Fsp3) is 0.0556. The van der Waals surface area contributed by atoms with Crippen LogP contribution in [0.15, 0.2) is 54.6 Å². The number of nitrogens with one attached hydrogen (secondary N) is 2. The van der Waals surface area contributed by atoms with Gasteiger partial charge in [0.25, 0.3) is 0 Å². The van der Waals surface area contributed by atoms with Crippen molar-refractivity contribution in [2.75, 3.05) is 17.7 Å². The predicted octanol–water partition coefficient (Wildman–Crippen LogP) is 4.36. The molecule has 0 bridgehead atoms. The van der Waals surface area contributed by atoms with Crippen LogP contribution >= 0.6 is 11.3 Å². The summed E-state index contributed by atoms with van der Waals surface area (Å²) in [6, 6.07) is 16.6. The molecule has 0 radical (unpaired) electrons. The van der Waals surface area contributed by atoms with Crippen LogP contribution in [-0.4, -0.2) is 23.3 Å². The number of benzene rings is 2. The Bertz CT molecular complexity index is 878. The van der Waals surface area contributed by atoms with Gasteiger partial charge in [-0.2, -0.15) is 0 Å². The Morgan fingerprint density at radius 1 is 1.04 bits per heavy atom. The number of hydrogen-bond acceptors (Lipinski definition) is 5. The number of hydrogen-bond donors (Lipinski definition) is 2. The highest BCUT2D eigenvalue weighted by Crippen LogP contribution is 2.19. The highest BCUT2D eigenvalue weighted by Gasteiger charge is 2.07. The lowest BCUT2D eigenvalue weighted by molar-refractivity contribution is 0.262. The molecule has 1 aromatic heterocycles. The normalized spacial score (nSPS) is 10.6. The summed E-state index contributed by atoms with van der Waals surface area (Å²) < 4.78 is 5.12. The summed E-state index contributed by atoms with van der Waals surface area (Å²) in [4.78, 5) is 12.0. The van der Waals surface area contributed by atoms with Crippen LogP contribution in [-0.2, 0) is 0 Å². The van der Waals surface area contributed by atoms with E-state index < -0.39 is 0 Å². The van der Waals surface area contributed by atoms with Crippen LogP contribution in [0.3, 0.4) is 0 Å². The zero-order valence-electron chi connectivity index (χ0n) is 13.5. The SMILES string of the molecule is COc1cccc(NC(=O)Nc2nnc(C=Cc3ccccc3)s2)c1. The van der Waals surface area contributed by atoms with Crippen LogP contribution in [0.2, 0.25) is 0 Å². The topological polar surface area (TPSA) is 76.1 Å². The molecule has 0 unspecified atom stereocenters. The van der Waals surface area contributed by atoms with Gasteiger partial charge in [-0.05, 0) is 23.8 Å². The first-order chi connectivity index (χ1) is 12.2. The Morgan fingerprint density at radius 2 is 1.88 bits per heavy atom. The van der Waals surface area contributed by atoms with Crippen molar-refractivity contribution in [1.82, 2.24) is 10.2 Å². The molecule has 0 saturated carbocycles. The Labute approximate surface area is 149 Å². The Kier molecular flexibility index (Phi) is 5.38. The van der Waals surface area contributed by atoms with Gasteiger partial charge in [-0.1, -0.05) is 53.8 Å². The van der Waals surface area contributed by atoms with Crippen molar-refractivity contribution in [2.24, 2.45) is 0 Å². The number of amides is 2. The maximum absolute atomic E-state index is 12.0. The van der Waals surface area contributed by atoms with Crippen molar-refractivity contribution in [2.45, 2.75) is 0 Å². The molecule has 0 atom stereocenters. The number of urea groups is 1. The van der Waals surface area contributed by atoms with Crippen molar-refractivity contribution in [1.29, 1.82) is 0 Å². The third-order valence-corrected chi connectivity index (χ3v) is 4.01. The van der Waals surface area contributed by atoms with Crippen LogP contribution in [0.5, 0.6) is 5.75 Å². The highest BCUT2D eigenvalue weighted by molar-refractivity contribution is 7.16. The lowest BCUT2D eigenvalue weighted by atomic mass is 10.2. The number of ether oxygens (including phenoxy) is 1. The Balaban J connectivity index is 1.59. The van der Waals surface area contributed by atoms with Crippen molar-refractivity contribution < 1.29 is 9.53 Å². The van der Waals surface area contributed by atoms with Crippen LogP contribution < -0.4 is 15.4 Å². The lowest BCUT2D eigenvalue weighted by Gasteiger charge is -2.06. The largest absolute Gasteiger partial charge is 0.497 e. The number of nitrogens with zero attached hydrogens (tertiary/aromatic N) is 2. The van der Waals surface area contributed by atoms with Gasteiger partial charge in [-0.3, -0.25) is 5.32 Å². The number of methoxy groups -OCH3 is 1. The fourth-order valence-electron chi connectivity index (χ4n) is 2.04. The number of carbonyl (C=O) groups is 1. The molecular weight excluding hydrogens is 336 g/mol. The van der Waals surface area contributed by atoms with E-state index in [4.69, 9.17) is 4.74 Å². The molecule has 7 heteroatoms. The van der Waals surface area contributed by atoms with Gasteiger partial charge in [-0.25, -0.2) is 4.79 Å². The molecular formula is C18H16N4O2S. The number of carbonyl (C=O) groups excluding carboxylic acids is 1. The molecule has 0 spiro atoms. The summed E-state index contributed by atoms with van der Waals surface area (Å²) in [6.07, 6.45) is 3.80. The predicted molar refractivity (Wildman–Crippen MR) is 101 cm³/mol. The van der Waals surface area contributed by atoms with E-state index in [-0.39, 0.29) is 6.03 Å². The quantitative estimate of drug-likeness (QED) is 0.715. The monoisotopic (exact) mass is 352 g/mol. The van der Waals surface area contributed by atoms with E-state index in [1.54, 1.807) is 31.4 Å². The first-order valence-electron chi connectivity index (χ1n) is 7.51. The molecule has 2 N–H and O–H groups in total. The van der Waals surface area contributed by atoms with Gasteiger partial charge in [0.05, 0.1) is 7.11 Å². The summed E-state index contributed by atoms with van der Waals surface area (Å²) in [7, 11) is 1.57. The standard InChI is InChI=1S/C18H16N4O2S/c1-24-15-9-5-8-14(12-15)19-17(23)20-18-22-21-16(25-18)11-10-13-6-3-2-4-7-13/h2-12H,1H3,(H2,19,20,22,23). The molecule has 0 saturated heterocycles. The molecule has 3 rings (SSSR count). The fourth-order valence-corrected chi connectivity index (χ4v) is 2.69. The number of anilines is 2. The maximum Gasteiger partial charge on any atom is 0.325 e. The van der Waals surface area contributed by atoms with E-state index in [9.17, 15) is 4.79 Å². The zero-order chi connectivity index (χ0) is 17.5. The van der Waals surface area contributed by atoms with Crippen molar-refractivity contribution in [3.63, 3.8) is 0 Å². The maximum atomic E-state index is 12.0. The van der Waals surface area contributed by atoms with Gasteiger partial charge < -0.3 is 10.1 Å². The van der Waals surface area contributed by atoms with Gasteiger partial charge in [-0.15, -0.1) is 10.2 Å². The second-order valence-corrected chi connectivity index (χ2v) is 6.01. The van der Waals surface area contributed by atoms with Gasteiger partial charge in [0, 0.05) is 11.8 Å². The van der Waals surface area contributed by atoms with Crippen molar-refractivity contribution in [3.8, 4) is 5.75 Å². The number of aromatic nitrogens is 2. The van der Waals surface area contributed by atoms with Gasteiger partial charge >= 0.3 is 6.03 Å². The number of rotatable bonds is 5. The van der Waals surface area contributed by atoms with E-state index in [0.29, 0.717) is 21.6 Å². The molecule has 6 nitrogen and oxygen atoms in total. The van der Waals surface area contributed by atoms with E-state index in [2.05, 4.69) is 20.8 Å². The zero-order valence-corrected chi connectivity index (χ0v) is 14.3. The second kappa shape index (κ2) is 8.07. The first kappa shape index (κ1) is 16.7. The van der Waals surface area contributed by atoms with Crippen LogP contribution in [0.1, 0.15) is 10.6 Å². The highest BCUT2D eigenvalue weighted by atomic mass is 32.1. The first-order valence-corrected chi connectivity index (χ1v) is 8.33. The molecule has 126 valence electrons. The minimum Gasteiger partial charge on any atom is -0.497 e. The minimum absolute atomic E-state index is 0.386. The average molecular weight is 352 g/mol. The Hall–Kier alpha value is -3.19. The van der Waals surface area contributed by atoms with Crippen LogP contribution in [0.25, 0.3) is 12.2 Å². The van der Waals surface area contributed by atoms with E-state index in [1.807, 2.05) is 42.5 Å². The summed E-state index contributed by atoms with van der Waals surface area (Å²) in [6.45, 7) is 0. The van der Waals surface area contributed by atoms with Gasteiger partial charge in [0.15, 0.2) is 0 Å². The lowest BCUT2D eigenvalue weighted by Crippen LogP contribution is -2.19. The molecule has 3 aromatic rings. The molecule has 0 aliphatic rings. The molecule has 0 fully saturated rings. The molecule has 2 amide bonds. The smallest absolute Gasteiger partial charge is 0.325 e. The molecule has 1 heterocycles. The van der Waals surface area contributed by atoms with E-state index >= 15 is 0 Å². The minimum atomic E-state index is -0.386. The van der Waals surface area contributed by atoms with Crippen molar-refractivity contribution >= 4 is 40.3 Å². The third kappa shape index (κ3) is 4.89.